The van der Waals surface area contributed by atoms with Crippen molar-refractivity contribution in [2.75, 3.05) is 13.7 Å². The summed E-state index contributed by atoms with van der Waals surface area (Å²) in [6.07, 6.45) is 0. The largest absolute Gasteiger partial charge is 0.495 e. The van der Waals surface area contributed by atoms with Crippen LogP contribution in [0.3, 0.4) is 0 Å². The molecular formula is C16H18FNO4S. The first kappa shape index (κ1) is 17.2. The Morgan fingerprint density at radius 1 is 1.17 bits per heavy atom. The van der Waals surface area contributed by atoms with Crippen molar-refractivity contribution in [3.63, 3.8) is 0 Å². The number of sulfonamides is 1. The van der Waals surface area contributed by atoms with Crippen molar-refractivity contribution in [2.24, 2.45) is 0 Å². The number of benzene rings is 2. The van der Waals surface area contributed by atoms with E-state index in [0.29, 0.717) is 12.4 Å². The highest BCUT2D eigenvalue weighted by Gasteiger charge is 2.20. The number of hydrogen-bond donors (Lipinski definition) is 1. The van der Waals surface area contributed by atoms with Crippen LogP contribution in [0.5, 0.6) is 11.5 Å². The second kappa shape index (κ2) is 7.43. The minimum Gasteiger partial charge on any atom is -0.495 e. The van der Waals surface area contributed by atoms with Gasteiger partial charge >= 0.3 is 0 Å². The fourth-order valence-electron chi connectivity index (χ4n) is 2.03. The van der Waals surface area contributed by atoms with E-state index < -0.39 is 15.8 Å². The van der Waals surface area contributed by atoms with Crippen molar-refractivity contribution in [2.45, 2.75) is 18.4 Å². The molecule has 0 atom stereocenters. The molecule has 0 aliphatic carbocycles. The van der Waals surface area contributed by atoms with Crippen LogP contribution < -0.4 is 14.2 Å². The molecule has 0 aliphatic heterocycles. The van der Waals surface area contributed by atoms with Crippen molar-refractivity contribution in [1.29, 1.82) is 0 Å². The summed E-state index contributed by atoms with van der Waals surface area (Å²) >= 11 is 0. The molecule has 0 spiro atoms. The molecule has 0 aliphatic rings. The van der Waals surface area contributed by atoms with Crippen LogP contribution in [0.4, 0.5) is 4.39 Å². The van der Waals surface area contributed by atoms with Crippen molar-refractivity contribution in [3.8, 4) is 11.5 Å². The Balaban J connectivity index is 2.19. The third-order valence-electron chi connectivity index (χ3n) is 3.09. The topological polar surface area (TPSA) is 64.6 Å². The molecule has 2 aromatic rings. The van der Waals surface area contributed by atoms with E-state index in [0.717, 1.165) is 17.7 Å². The van der Waals surface area contributed by atoms with Gasteiger partial charge in [-0.3, -0.25) is 0 Å². The van der Waals surface area contributed by atoms with Gasteiger partial charge in [0.05, 0.1) is 13.7 Å². The Labute approximate surface area is 135 Å². The first-order chi connectivity index (χ1) is 11.0. The van der Waals surface area contributed by atoms with Crippen LogP contribution in [-0.2, 0) is 16.6 Å². The lowest BCUT2D eigenvalue weighted by Gasteiger charge is -2.11. The molecule has 0 heterocycles. The molecule has 0 fully saturated rings. The summed E-state index contributed by atoms with van der Waals surface area (Å²) in [7, 11) is -2.57. The van der Waals surface area contributed by atoms with Crippen LogP contribution in [0.1, 0.15) is 12.5 Å². The molecule has 0 unspecified atom stereocenters. The number of nitrogens with one attached hydrogen (secondary N) is 1. The van der Waals surface area contributed by atoms with Gasteiger partial charge in [-0.05, 0) is 42.8 Å². The SMILES string of the molecule is CCOc1cccc(CNS(=O)(=O)c2cc(F)ccc2OC)c1. The van der Waals surface area contributed by atoms with Gasteiger partial charge in [0.1, 0.15) is 22.2 Å². The number of rotatable bonds is 7. The first-order valence-electron chi connectivity index (χ1n) is 7.01. The highest BCUT2D eigenvalue weighted by molar-refractivity contribution is 7.89. The Bertz CT molecular complexity index is 777. The van der Waals surface area contributed by atoms with Gasteiger partial charge in [-0.1, -0.05) is 12.1 Å². The van der Waals surface area contributed by atoms with Gasteiger partial charge in [0.25, 0.3) is 0 Å². The van der Waals surface area contributed by atoms with Crippen molar-refractivity contribution >= 4 is 10.0 Å². The molecule has 2 rings (SSSR count). The summed E-state index contributed by atoms with van der Waals surface area (Å²) in [6, 6.07) is 10.4. The zero-order valence-corrected chi connectivity index (χ0v) is 13.7. The maximum atomic E-state index is 13.4. The predicted molar refractivity (Wildman–Crippen MR) is 84.6 cm³/mol. The highest BCUT2D eigenvalue weighted by Crippen LogP contribution is 2.24. The Kier molecular flexibility index (Phi) is 5.57. The minimum absolute atomic E-state index is 0.0584. The number of halogens is 1. The average molecular weight is 339 g/mol. The van der Waals surface area contributed by atoms with E-state index >= 15 is 0 Å². The standard InChI is InChI=1S/C16H18FNO4S/c1-3-22-14-6-4-5-12(9-14)11-18-23(19,20)16-10-13(17)7-8-15(16)21-2/h4-10,18H,3,11H2,1-2H3. The van der Waals surface area contributed by atoms with E-state index in [1.807, 2.05) is 6.92 Å². The molecule has 0 radical (unpaired) electrons. The monoisotopic (exact) mass is 339 g/mol. The summed E-state index contributed by atoms with van der Waals surface area (Å²) in [4.78, 5) is -0.235. The first-order valence-corrected chi connectivity index (χ1v) is 8.49. The van der Waals surface area contributed by atoms with Gasteiger partial charge in [-0.15, -0.1) is 0 Å². The van der Waals surface area contributed by atoms with Crippen molar-refractivity contribution in [3.05, 3.63) is 53.8 Å². The molecule has 2 aromatic carbocycles. The molecule has 23 heavy (non-hydrogen) atoms. The van der Waals surface area contributed by atoms with Gasteiger partial charge in [0.2, 0.25) is 10.0 Å². The second-order valence-corrected chi connectivity index (χ2v) is 6.44. The van der Waals surface area contributed by atoms with Crippen LogP contribution >= 0.6 is 0 Å². The van der Waals surface area contributed by atoms with Gasteiger partial charge in [0.15, 0.2) is 0 Å². The van der Waals surface area contributed by atoms with Gasteiger partial charge in [-0.25, -0.2) is 17.5 Å². The molecule has 7 heteroatoms. The van der Waals surface area contributed by atoms with Crippen LogP contribution in [0.2, 0.25) is 0 Å². The Morgan fingerprint density at radius 3 is 2.65 bits per heavy atom. The number of ether oxygens (including phenoxy) is 2. The Hall–Kier alpha value is -2.12. The lowest BCUT2D eigenvalue weighted by molar-refractivity contribution is 0.340. The van der Waals surface area contributed by atoms with Crippen molar-refractivity contribution in [1.82, 2.24) is 4.72 Å². The summed E-state index contributed by atoms with van der Waals surface area (Å²) in [5.41, 5.74) is 0.731. The van der Waals surface area contributed by atoms with E-state index in [2.05, 4.69) is 4.72 Å². The summed E-state index contributed by atoms with van der Waals surface area (Å²) in [6.45, 7) is 2.45. The fourth-order valence-corrected chi connectivity index (χ4v) is 3.22. The normalized spacial score (nSPS) is 11.3. The molecule has 124 valence electrons. The molecule has 0 saturated carbocycles. The van der Waals surface area contributed by atoms with Crippen LogP contribution in [0.15, 0.2) is 47.4 Å². The minimum atomic E-state index is -3.90. The van der Waals surface area contributed by atoms with Crippen LogP contribution in [0.25, 0.3) is 0 Å². The van der Waals surface area contributed by atoms with E-state index in [1.54, 1.807) is 24.3 Å². The van der Waals surface area contributed by atoms with Gasteiger partial charge in [-0.2, -0.15) is 0 Å². The summed E-state index contributed by atoms with van der Waals surface area (Å²) in [5, 5.41) is 0. The van der Waals surface area contributed by atoms with Crippen molar-refractivity contribution < 1.29 is 22.3 Å². The molecule has 0 saturated heterocycles. The average Bonchev–Trinajstić information content (AvgIpc) is 2.54. The zero-order valence-electron chi connectivity index (χ0n) is 12.9. The van der Waals surface area contributed by atoms with Gasteiger partial charge < -0.3 is 9.47 Å². The van der Waals surface area contributed by atoms with E-state index in [-0.39, 0.29) is 17.2 Å². The molecular weight excluding hydrogens is 321 g/mol. The zero-order chi connectivity index (χ0) is 16.9. The highest BCUT2D eigenvalue weighted by atomic mass is 32.2. The fraction of sp³-hybridized carbons (Fsp3) is 0.250. The van der Waals surface area contributed by atoms with E-state index in [9.17, 15) is 12.8 Å². The van der Waals surface area contributed by atoms with E-state index in [4.69, 9.17) is 9.47 Å². The van der Waals surface area contributed by atoms with Crippen LogP contribution in [0, 0.1) is 5.82 Å². The number of hydrogen-bond acceptors (Lipinski definition) is 4. The second-order valence-electron chi connectivity index (χ2n) is 4.70. The Morgan fingerprint density at radius 2 is 1.96 bits per heavy atom. The maximum absolute atomic E-state index is 13.4. The maximum Gasteiger partial charge on any atom is 0.244 e. The molecule has 5 nitrogen and oxygen atoms in total. The van der Waals surface area contributed by atoms with Crippen LogP contribution in [-0.4, -0.2) is 22.1 Å². The van der Waals surface area contributed by atoms with E-state index in [1.165, 1.54) is 13.2 Å². The smallest absolute Gasteiger partial charge is 0.244 e. The lowest BCUT2D eigenvalue weighted by Crippen LogP contribution is -2.24. The number of methoxy groups -OCH3 is 1. The molecule has 0 aromatic heterocycles. The quantitative estimate of drug-likeness (QED) is 0.842. The molecule has 1 N–H and O–H groups in total. The predicted octanol–water partition coefficient (Wildman–Crippen LogP) is 2.71. The lowest BCUT2D eigenvalue weighted by atomic mass is 10.2. The third-order valence-corrected chi connectivity index (χ3v) is 4.51. The summed E-state index contributed by atoms with van der Waals surface area (Å²) in [5.74, 6) is 0.0963. The molecule has 0 amide bonds. The third kappa shape index (κ3) is 4.43. The summed E-state index contributed by atoms with van der Waals surface area (Å²) < 4.78 is 50.9. The van der Waals surface area contributed by atoms with Gasteiger partial charge in [0, 0.05) is 6.54 Å². The molecule has 0 bridgehead atoms.